The fourth-order valence-corrected chi connectivity index (χ4v) is 12.3. The number of hydrogen-bond donors (Lipinski definition) is 0. The summed E-state index contributed by atoms with van der Waals surface area (Å²) in [6.45, 7) is 24.8. The van der Waals surface area contributed by atoms with Crippen LogP contribution in [-0.2, 0) is 10.8 Å². The molecule has 3 heteroatoms. The highest BCUT2D eigenvalue weighted by molar-refractivity contribution is 6.95. The summed E-state index contributed by atoms with van der Waals surface area (Å²) in [7, 11) is 0. The van der Waals surface area contributed by atoms with Crippen LogP contribution in [0.3, 0.4) is 0 Å². The molecule has 0 radical (unpaired) electrons. The van der Waals surface area contributed by atoms with Crippen molar-refractivity contribution < 1.29 is 0 Å². The Morgan fingerprint density at radius 2 is 1.48 bits per heavy atom. The van der Waals surface area contributed by atoms with Gasteiger partial charge in [0.1, 0.15) is 0 Å². The Labute approximate surface area is 338 Å². The molecule has 0 fully saturated rings. The molecule has 10 rings (SSSR count). The first-order valence-electron chi connectivity index (χ1n) is 21.9. The Bertz CT molecular complexity index is 2350. The molecule has 0 saturated heterocycles. The molecule has 0 saturated carbocycles. The topological polar surface area (TPSA) is 6.48 Å². The molecule has 286 valence electrons. The van der Waals surface area contributed by atoms with Crippen molar-refractivity contribution in [1.82, 2.24) is 0 Å². The summed E-state index contributed by atoms with van der Waals surface area (Å²) in [4.78, 5) is 5.55. The van der Waals surface area contributed by atoms with Gasteiger partial charge in [0.25, 0.3) is 0 Å². The van der Waals surface area contributed by atoms with Crippen LogP contribution in [0, 0.1) is 36.8 Å². The Kier molecular flexibility index (Phi) is 7.87. The third kappa shape index (κ3) is 5.16. The van der Waals surface area contributed by atoms with Gasteiger partial charge in [0.2, 0.25) is 6.71 Å². The molecule has 1 unspecified atom stereocenters. The number of hydrogen-bond acceptors (Lipinski definition) is 2. The van der Waals surface area contributed by atoms with Crippen LogP contribution in [0.4, 0.5) is 22.7 Å². The largest absolute Gasteiger partial charge is 0.335 e. The van der Waals surface area contributed by atoms with E-state index in [1.165, 1.54) is 82.6 Å². The molecule has 3 aromatic rings. The average Bonchev–Trinajstić information content (AvgIpc) is 3.35. The SMILES string of the molecule is Cc1c#ccc(C)c1N1C2=C(CCCC3=C2CCC=C3)B2c3cc4c(cc3N(C3C=CC5=C(C3)C(C)(C)CCC5(C)C)c3cccc1c32)C(C)(C)CCC4(C)C. The lowest BCUT2D eigenvalue weighted by Crippen LogP contribution is -2.59. The third-order valence-corrected chi connectivity index (χ3v) is 15.7. The smallest absolute Gasteiger partial charge is 0.247 e. The van der Waals surface area contributed by atoms with E-state index in [-0.39, 0.29) is 34.4 Å². The monoisotopic (exact) mass is 736 g/mol. The zero-order valence-corrected chi connectivity index (χ0v) is 35.9. The average molecular weight is 737 g/mol. The van der Waals surface area contributed by atoms with Crippen LogP contribution in [-0.4, -0.2) is 12.8 Å². The molecule has 1 atom stereocenters. The lowest BCUT2D eigenvalue weighted by atomic mass is 9.32. The molecule has 56 heavy (non-hydrogen) atoms. The minimum absolute atomic E-state index is 0.126. The van der Waals surface area contributed by atoms with Crippen LogP contribution in [0.1, 0.15) is 142 Å². The van der Waals surface area contributed by atoms with Gasteiger partial charge in [0.05, 0.1) is 11.7 Å². The summed E-state index contributed by atoms with van der Waals surface area (Å²) < 4.78 is 0. The minimum atomic E-state index is 0.126. The Morgan fingerprint density at radius 1 is 0.768 bits per heavy atom. The molecule has 0 bridgehead atoms. The van der Waals surface area contributed by atoms with Crippen molar-refractivity contribution in [3.05, 3.63) is 129 Å². The van der Waals surface area contributed by atoms with Crippen molar-refractivity contribution >= 4 is 40.4 Å². The molecule has 2 heterocycles. The van der Waals surface area contributed by atoms with Crippen LogP contribution in [0.15, 0.2) is 94.2 Å². The summed E-state index contributed by atoms with van der Waals surface area (Å²) in [5.41, 5.74) is 24.3. The summed E-state index contributed by atoms with van der Waals surface area (Å²) in [5, 5.41) is 0. The molecule has 7 aliphatic rings. The summed E-state index contributed by atoms with van der Waals surface area (Å²) >= 11 is 0. The van der Waals surface area contributed by atoms with Gasteiger partial charge in [-0.15, -0.1) is 0 Å². The van der Waals surface area contributed by atoms with Gasteiger partial charge in [0, 0.05) is 28.3 Å². The minimum Gasteiger partial charge on any atom is -0.335 e. The van der Waals surface area contributed by atoms with Gasteiger partial charge in [-0.2, -0.15) is 0 Å². The van der Waals surface area contributed by atoms with Crippen LogP contribution in [0.2, 0.25) is 0 Å². The molecule has 2 aliphatic heterocycles. The van der Waals surface area contributed by atoms with Crippen molar-refractivity contribution in [2.75, 3.05) is 9.80 Å². The fraction of sp³-hybridized carbons (Fsp3) is 0.472. The maximum Gasteiger partial charge on any atom is 0.247 e. The van der Waals surface area contributed by atoms with E-state index in [9.17, 15) is 0 Å². The molecular formula is C53H61BN2. The van der Waals surface area contributed by atoms with Gasteiger partial charge in [-0.3, -0.25) is 0 Å². The van der Waals surface area contributed by atoms with Gasteiger partial charge in [-0.1, -0.05) is 115 Å². The van der Waals surface area contributed by atoms with E-state index in [2.05, 4.69) is 152 Å². The highest BCUT2D eigenvalue weighted by Crippen LogP contribution is 2.56. The molecule has 2 nitrogen and oxygen atoms in total. The lowest BCUT2D eigenvalue weighted by molar-refractivity contribution is 0.256. The number of aryl methyl sites for hydroxylation is 1. The first-order chi connectivity index (χ1) is 26.6. The van der Waals surface area contributed by atoms with E-state index in [1.807, 2.05) is 0 Å². The molecule has 5 aliphatic carbocycles. The first-order valence-corrected chi connectivity index (χ1v) is 21.9. The number of benzene rings is 2. The van der Waals surface area contributed by atoms with Crippen LogP contribution in [0.5, 0.6) is 0 Å². The highest BCUT2D eigenvalue weighted by atomic mass is 15.2. The van der Waals surface area contributed by atoms with E-state index >= 15 is 0 Å². The van der Waals surface area contributed by atoms with Crippen LogP contribution in [0.25, 0.3) is 0 Å². The van der Waals surface area contributed by atoms with E-state index in [0.717, 1.165) is 32.1 Å². The van der Waals surface area contributed by atoms with Crippen molar-refractivity contribution in [3.8, 4) is 0 Å². The normalized spacial score (nSPS) is 24.8. The number of rotatable bonds is 2. The van der Waals surface area contributed by atoms with Gasteiger partial charge < -0.3 is 9.80 Å². The number of anilines is 4. The third-order valence-electron chi connectivity index (χ3n) is 15.7. The molecule has 0 aromatic heterocycles. The molecule has 3 aromatic carbocycles. The van der Waals surface area contributed by atoms with Gasteiger partial charge in [-0.05, 0) is 168 Å². The van der Waals surface area contributed by atoms with E-state index in [1.54, 1.807) is 38.9 Å². The fourth-order valence-electron chi connectivity index (χ4n) is 12.3. The Hall–Kier alpha value is -4.16. The number of fused-ring (bicyclic) bond motifs is 5. The summed E-state index contributed by atoms with van der Waals surface area (Å²) in [6.07, 6.45) is 21.7. The molecular weight excluding hydrogens is 675 g/mol. The van der Waals surface area contributed by atoms with Crippen LogP contribution >= 0.6 is 0 Å². The first kappa shape index (κ1) is 36.2. The van der Waals surface area contributed by atoms with Crippen molar-refractivity contribution in [2.45, 2.75) is 150 Å². The predicted molar refractivity (Wildman–Crippen MR) is 239 cm³/mol. The summed E-state index contributed by atoms with van der Waals surface area (Å²) in [6, 6.07) is 22.0. The number of nitrogens with zero attached hydrogens (tertiary/aromatic N) is 2. The van der Waals surface area contributed by atoms with E-state index in [4.69, 9.17) is 0 Å². The zero-order valence-electron chi connectivity index (χ0n) is 35.9. The van der Waals surface area contributed by atoms with Crippen molar-refractivity contribution in [3.63, 3.8) is 0 Å². The van der Waals surface area contributed by atoms with E-state index in [0.29, 0.717) is 0 Å². The lowest BCUT2D eigenvalue weighted by Gasteiger charge is -2.51. The second-order valence-corrected chi connectivity index (χ2v) is 21.1. The second-order valence-electron chi connectivity index (χ2n) is 21.1. The standard InChI is InChI=1S/C53H61BN2/c1-33-16-13-17-34(2)48(33)56-45-23-15-22-44-47(45)54(42-21-14-19-35-18-11-12-20-37(35)49(42)56)43-31-40-41(53(9,10)29-28-52(40,7)8)32-46(43)55(44)36-24-25-38-39(30-36)51(5,6)27-26-50(38,3)4/h11,15-16,18,22-25,31-32,36H,12,14,19-21,26-30H2,1-10H3. The number of allylic oxidation sites excluding steroid dienone is 7. The molecule has 0 amide bonds. The Balaban J connectivity index is 1.29. The Morgan fingerprint density at radius 3 is 2.25 bits per heavy atom. The van der Waals surface area contributed by atoms with Crippen LogP contribution < -0.4 is 20.7 Å². The molecule has 0 spiro atoms. The zero-order chi connectivity index (χ0) is 39.1. The quantitative estimate of drug-likeness (QED) is 0.242. The predicted octanol–water partition coefficient (Wildman–Crippen LogP) is 12.6. The van der Waals surface area contributed by atoms with Gasteiger partial charge in [0.15, 0.2) is 0 Å². The highest BCUT2D eigenvalue weighted by Gasteiger charge is 2.50. The van der Waals surface area contributed by atoms with E-state index < -0.39 is 0 Å². The molecule has 0 N–H and O–H groups in total. The summed E-state index contributed by atoms with van der Waals surface area (Å²) in [5.74, 6) is 0. The second kappa shape index (κ2) is 12.2. The van der Waals surface area contributed by atoms with Crippen molar-refractivity contribution in [1.29, 1.82) is 0 Å². The maximum absolute atomic E-state index is 3.53. The van der Waals surface area contributed by atoms with Gasteiger partial charge >= 0.3 is 0 Å². The van der Waals surface area contributed by atoms with Gasteiger partial charge in [-0.25, -0.2) is 0 Å². The maximum atomic E-state index is 3.53. The van der Waals surface area contributed by atoms with Crippen molar-refractivity contribution in [2.24, 2.45) is 10.8 Å².